The molecule has 0 aromatic heterocycles. The van der Waals surface area contributed by atoms with Crippen molar-refractivity contribution in [2.75, 3.05) is 18.8 Å². The van der Waals surface area contributed by atoms with Crippen LogP contribution in [0.15, 0.2) is 23.1 Å². The van der Waals surface area contributed by atoms with E-state index < -0.39 is 0 Å². The van der Waals surface area contributed by atoms with Crippen LogP contribution in [0.1, 0.15) is 49.7 Å². The molecule has 1 saturated carbocycles. The molecule has 20 heavy (non-hydrogen) atoms. The number of aryl methyl sites for hydroxylation is 2. The second-order valence-electron chi connectivity index (χ2n) is 6.34. The van der Waals surface area contributed by atoms with Gasteiger partial charge in [0.25, 0.3) is 0 Å². The lowest BCUT2D eigenvalue weighted by atomic mass is 9.89. The Morgan fingerprint density at radius 3 is 2.75 bits per heavy atom. The fourth-order valence-electron chi connectivity index (χ4n) is 3.58. The molecule has 2 aliphatic carbocycles. The largest absolute Gasteiger partial charge is 0.316 e. The third-order valence-corrected chi connectivity index (χ3v) is 5.77. The summed E-state index contributed by atoms with van der Waals surface area (Å²) in [6, 6.07) is 7.09. The lowest BCUT2D eigenvalue weighted by molar-refractivity contribution is 0.345. The zero-order chi connectivity index (χ0) is 13.6. The second kappa shape index (κ2) is 7.51. The molecule has 0 saturated heterocycles. The maximum atomic E-state index is 3.66. The van der Waals surface area contributed by atoms with Gasteiger partial charge in [-0.25, -0.2) is 0 Å². The van der Waals surface area contributed by atoms with Gasteiger partial charge in [-0.05, 0) is 67.8 Å². The third kappa shape index (κ3) is 4.02. The molecular weight excluding hydrogens is 262 g/mol. The van der Waals surface area contributed by atoms with Crippen molar-refractivity contribution in [3.8, 4) is 0 Å². The Morgan fingerprint density at radius 2 is 1.85 bits per heavy atom. The van der Waals surface area contributed by atoms with Gasteiger partial charge in [-0.2, -0.15) is 0 Å². The number of hydrogen-bond acceptors (Lipinski definition) is 2. The SMILES string of the molecule is c1cc2c(cc1SCCNCC1CCCCC1)CCC2. The zero-order valence-electron chi connectivity index (χ0n) is 12.5. The van der Waals surface area contributed by atoms with Crippen molar-refractivity contribution in [1.82, 2.24) is 5.32 Å². The van der Waals surface area contributed by atoms with Gasteiger partial charge in [-0.15, -0.1) is 11.8 Å². The molecule has 3 rings (SSSR count). The highest BCUT2D eigenvalue weighted by Gasteiger charge is 2.13. The van der Waals surface area contributed by atoms with E-state index in [1.165, 1.54) is 68.6 Å². The number of nitrogens with one attached hydrogen (secondary N) is 1. The maximum Gasteiger partial charge on any atom is 0.0106 e. The Bertz CT molecular complexity index is 423. The van der Waals surface area contributed by atoms with Crippen LogP contribution in [-0.2, 0) is 12.8 Å². The average molecular weight is 289 g/mol. The van der Waals surface area contributed by atoms with Gasteiger partial charge in [-0.1, -0.05) is 25.3 Å². The summed E-state index contributed by atoms with van der Waals surface area (Å²) in [5, 5.41) is 3.66. The number of thioether (sulfide) groups is 1. The van der Waals surface area contributed by atoms with Gasteiger partial charge in [0.1, 0.15) is 0 Å². The minimum atomic E-state index is 0.953. The van der Waals surface area contributed by atoms with Gasteiger partial charge in [-0.3, -0.25) is 0 Å². The third-order valence-electron chi connectivity index (χ3n) is 4.78. The van der Waals surface area contributed by atoms with Crippen LogP contribution in [0.4, 0.5) is 0 Å². The highest BCUT2D eigenvalue weighted by atomic mass is 32.2. The Hall–Kier alpha value is -0.470. The Kier molecular flexibility index (Phi) is 5.43. The standard InChI is InChI=1S/C18H27NS/c1-2-5-15(6-3-1)14-19-11-12-20-18-10-9-16-7-4-8-17(16)13-18/h9-10,13,15,19H,1-8,11-12,14H2. The lowest BCUT2D eigenvalue weighted by Gasteiger charge is -2.21. The van der Waals surface area contributed by atoms with Crippen LogP contribution in [0.3, 0.4) is 0 Å². The molecule has 0 spiro atoms. The quantitative estimate of drug-likeness (QED) is 0.614. The first-order valence-electron chi connectivity index (χ1n) is 8.37. The molecule has 0 aliphatic heterocycles. The summed E-state index contributed by atoms with van der Waals surface area (Å²) in [6.45, 7) is 2.39. The Balaban J connectivity index is 1.33. The molecule has 2 aliphatic rings. The first-order chi connectivity index (χ1) is 9.92. The van der Waals surface area contributed by atoms with Crippen molar-refractivity contribution < 1.29 is 0 Å². The number of fused-ring (bicyclic) bond motifs is 1. The van der Waals surface area contributed by atoms with Gasteiger partial charge in [0.05, 0.1) is 0 Å². The summed E-state index contributed by atoms with van der Waals surface area (Å²) < 4.78 is 0. The molecule has 1 aromatic carbocycles. The van der Waals surface area contributed by atoms with Crippen molar-refractivity contribution in [3.05, 3.63) is 29.3 Å². The van der Waals surface area contributed by atoms with E-state index in [0.29, 0.717) is 0 Å². The van der Waals surface area contributed by atoms with Crippen LogP contribution in [0.2, 0.25) is 0 Å². The molecule has 0 bridgehead atoms. The number of benzene rings is 1. The summed E-state index contributed by atoms with van der Waals surface area (Å²) >= 11 is 2.01. The second-order valence-corrected chi connectivity index (χ2v) is 7.51. The molecule has 0 heterocycles. The molecule has 0 radical (unpaired) electrons. The van der Waals surface area contributed by atoms with Crippen molar-refractivity contribution in [2.24, 2.45) is 5.92 Å². The van der Waals surface area contributed by atoms with E-state index in [-0.39, 0.29) is 0 Å². The Labute approximate surface area is 127 Å². The smallest absolute Gasteiger partial charge is 0.0106 e. The maximum absolute atomic E-state index is 3.66. The van der Waals surface area contributed by atoms with Crippen LogP contribution in [0.25, 0.3) is 0 Å². The fraction of sp³-hybridized carbons (Fsp3) is 0.667. The molecule has 1 nitrogen and oxygen atoms in total. The van der Waals surface area contributed by atoms with Gasteiger partial charge in [0.2, 0.25) is 0 Å². The van der Waals surface area contributed by atoms with E-state index >= 15 is 0 Å². The van der Waals surface area contributed by atoms with Gasteiger partial charge in [0.15, 0.2) is 0 Å². The van der Waals surface area contributed by atoms with Crippen LogP contribution in [-0.4, -0.2) is 18.8 Å². The van der Waals surface area contributed by atoms with E-state index in [1.807, 2.05) is 11.8 Å². The topological polar surface area (TPSA) is 12.0 Å². The lowest BCUT2D eigenvalue weighted by Crippen LogP contribution is -2.26. The molecule has 0 unspecified atom stereocenters. The van der Waals surface area contributed by atoms with Crippen molar-refractivity contribution in [1.29, 1.82) is 0 Å². The fourth-order valence-corrected chi connectivity index (χ4v) is 4.45. The van der Waals surface area contributed by atoms with Gasteiger partial charge < -0.3 is 5.32 Å². The Morgan fingerprint density at radius 1 is 1.00 bits per heavy atom. The molecule has 2 heteroatoms. The van der Waals surface area contributed by atoms with E-state index in [4.69, 9.17) is 0 Å². The number of rotatable bonds is 6. The summed E-state index contributed by atoms with van der Waals surface area (Å²) in [5.74, 6) is 2.15. The summed E-state index contributed by atoms with van der Waals surface area (Å²) in [4.78, 5) is 1.46. The normalized spacial score (nSPS) is 19.2. The van der Waals surface area contributed by atoms with E-state index in [9.17, 15) is 0 Å². The van der Waals surface area contributed by atoms with Crippen LogP contribution in [0, 0.1) is 5.92 Å². The predicted octanol–water partition coefficient (Wildman–Crippen LogP) is 4.44. The molecular formula is C18H27NS. The summed E-state index contributed by atoms with van der Waals surface area (Å²) in [6.07, 6.45) is 11.2. The predicted molar refractivity (Wildman–Crippen MR) is 88.6 cm³/mol. The summed E-state index contributed by atoms with van der Waals surface area (Å²) in [7, 11) is 0. The van der Waals surface area contributed by atoms with Crippen molar-refractivity contribution in [2.45, 2.75) is 56.3 Å². The average Bonchev–Trinajstić information content (AvgIpc) is 2.95. The van der Waals surface area contributed by atoms with E-state index in [2.05, 4.69) is 23.5 Å². The highest BCUT2D eigenvalue weighted by Crippen LogP contribution is 2.27. The summed E-state index contributed by atoms with van der Waals surface area (Å²) in [5.41, 5.74) is 3.19. The molecule has 0 amide bonds. The minimum absolute atomic E-state index is 0.953. The monoisotopic (exact) mass is 289 g/mol. The van der Waals surface area contributed by atoms with E-state index in [0.717, 1.165) is 12.5 Å². The highest BCUT2D eigenvalue weighted by molar-refractivity contribution is 7.99. The first-order valence-corrected chi connectivity index (χ1v) is 9.36. The van der Waals surface area contributed by atoms with E-state index in [1.54, 1.807) is 11.1 Å². The van der Waals surface area contributed by atoms with Crippen LogP contribution < -0.4 is 5.32 Å². The van der Waals surface area contributed by atoms with Gasteiger partial charge >= 0.3 is 0 Å². The molecule has 1 N–H and O–H groups in total. The number of hydrogen-bond donors (Lipinski definition) is 1. The van der Waals surface area contributed by atoms with Crippen molar-refractivity contribution >= 4 is 11.8 Å². The molecule has 110 valence electrons. The van der Waals surface area contributed by atoms with Crippen molar-refractivity contribution in [3.63, 3.8) is 0 Å². The molecule has 1 fully saturated rings. The van der Waals surface area contributed by atoms with Crippen LogP contribution in [0.5, 0.6) is 0 Å². The zero-order valence-corrected chi connectivity index (χ0v) is 13.3. The van der Waals surface area contributed by atoms with Gasteiger partial charge in [0, 0.05) is 17.2 Å². The first kappa shape index (κ1) is 14.5. The minimum Gasteiger partial charge on any atom is -0.316 e. The molecule has 0 atom stereocenters. The molecule has 1 aromatic rings. The van der Waals surface area contributed by atoms with Crippen LogP contribution >= 0.6 is 11.8 Å².